The van der Waals surface area contributed by atoms with Gasteiger partial charge in [-0.1, -0.05) is 49.3 Å². The van der Waals surface area contributed by atoms with Crippen molar-refractivity contribution in [2.24, 2.45) is 0 Å². The van der Waals surface area contributed by atoms with Crippen LogP contribution in [-0.2, 0) is 4.79 Å². The van der Waals surface area contributed by atoms with Crippen LogP contribution in [-0.4, -0.2) is 42.4 Å². The number of aliphatic hydroxyl groups excluding tert-OH is 2. The number of carbonyl (C=O) groups excluding carboxylic acids is 1. The third-order valence-corrected chi connectivity index (χ3v) is 5.28. The van der Waals surface area contributed by atoms with Crippen LogP contribution in [0.4, 0.5) is 0 Å². The maximum Gasteiger partial charge on any atom is 0.178 e. The van der Waals surface area contributed by atoms with Crippen molar-refractivity contribution < 1.29 is 24.5 Å². The van der Waals surface area contributed by atoms with Gasteiger partial charge in [-0.05, 0) is 86.1 Å². The molecule has 0 spiro atoms. The molecule has 184 valence electrons. The van der Waals surface area contributed by atoms with Crippen LogP contribution in [0.3, 0.4) is 0 Å². The number of hydrogen-bond donors (Lipinski definition) is 2. The largest absolute Gasteiger partial charge is 0.494 e. The Balaban J connectivity index is 1.69. The van der Waals surface area contributed by atoms with Crippen molar-refractivity contribution in [1.82, 2.24) is 0 Å². The molecule has 2 rings (SSSR count). The molecule has 0 amide bonds. The van der Waals surface area contributed by atoms with E-state index in [1.165, 1.54) is 0 Å². The van der Waals surface area contributed by atoms with E-state index >= 15 is 0 Å². The maximum absolute atomic E-state index is 12.2. The van der Waals surface area contributed by atoms with E-state index in [1.807, 2.05) is 48.5 Å². The van der Waals surface area contributed by atoms with Crippen LogP contribution < -0.4 is 9.47 Å². The molecule has 2 aromatic carbocycles. The Morgan fingerprint density at radius 2 is 0.971 bits per heavy atom. The van der Waals surface area contributed by atoms with Crippen molar-refractivity contribution in [3.8, 4) is 11.5 Å². The second-order valence-corrected chi connectivity index (χ2v) is 8.18. The molecule has 0 unspecified atom stereocenters. The summed E-state index contributed by atoms with van der Waals surface area (Å²) in [4.78, 5) is 12.2. The second-order valence-electron chi connectivity index (χ2n) is 8.18. The molecule has 0 bridgehead atoms. The lowest BCUT2D eigenvalue weighted by molar-refractivity contribution is -0.110. The average molecular weight is 467 g/mol. The number of unbranched alkanes of at least 4 members (excludes halogenated alkanes) is 6. The van der Waals surface area contributed by atoms with E-state index in [-0.39, 0.29) is 19.0 Å². The highest BCUT2D eigenvalue weighted by atomic mass is 16.5. The van der Waals surface area contributed by atoms with Gasteiger partial charge in [-0.25, -0.2) is 0 Å². The van der Waals surface area contributed by atoms with E-state index in [0.29, 0.717) is 13.2 Å². The Hall–Kier alpha value is -2.89. The molecule has 2 aromatic rings. The lowest BCUT2D eigenvalue weighted by Gasteiger charge is -2.06. The highest BCUT2D eigenvalue weighted by molar-refractivity contribution is 6.04. The highest BCUT2D eigenvalue weighted by Gasteiger charge is 1.97. The van der Waals surface area contributed by atoms with E-state index in [0.717, 1.165) is 74.0 Å². The Labute approximate surface area is 203 Å². The predicted octanol–water partition coefficient (Wildman–Crippen LogP) is 5.85. The number of benzene rings is 2. The molecule has 0 saturated carbocycles. The molecular formula is C29H38O5. The SMILES string of the molecule is O=C(/C=C/c1ccc(OCCCCCCO)cc1)/C=C/c1ccc(OCCCCCCO)cc1. The van der Waals surface area contributed by atoms with Gasteiger partial charge >= 0.3 is 0 Å². The summed E-state index contributed by atoms with van der Waals surface area (Å²) < 4.78 is 11.4. The summed E-state index contributed by atoms with van der Waals surface area (Å²) >= 11 is 0. The number of carbonyl (C=O) groups is 1. The zero-order chi connectivity index (χ0) is 24.3. The van der Waals surface area contributed by atoms with Crippen LogP contribution in [0.5, 0.6) is 11.5 Å². The molecular weight excluding hydrogens is 428 g/mol. The maximum atomic E-state index is 12.2. The molecule has 2 N–H and O–H groups in total. The van der Waals surface area contributed by atoms with Gasteiger partial charge in [-0.15, -0.1) is 0 Å². The molecule has 0 atom stereocenters. The smallest absolute Gasteiger partial charge is 0.178 e. The fourth-order valence-corrected chi connectivity index (χ4v) is 3.28. The highest BCUT2D eigenvalue weighted by Crippen LogP contribution is 2.16. The topological polar surface area (TPSA) is 76.0 Å². The third kappa shape index (κ3) is 12.4. The first kappa shape index (κ1) is 27.4. The summed E-state index contributed by atoms with van der Waals surface area (Å²) in [6, 6.07) is 15.4. The fourth-order valence-electron chi connectivity index (χ4n) is 3.28. The quantitative estimate of drug-likeness (QED) is 0.213. The van der Waals surface area contributed by atoms with Crippen LogP contribution in [0.1, 0.15) is 62.5 Å². The zero-order valence-electron chi connectivity index (χ0n) is 20.0. The minimum absolute atomic E-state index is 0.0774. The minimum atomic E-state index is -0.0774. The number of hydrogen-bond acceptors (Lipinski definition) is 5. The molecule has 0 aliphatic heterocycles. The van der Waals surface area contributed by atoms with Crippen molar-refractivity contribution >= 4 is 17.9 Å². The molecule has 5 heteroatoms. The molecule has 0 aliphatic rings. The van der Waals surface area contributed by atoms with E-state index in [1.54, 1.807) is 24.3 Å². The Morgan fingerprint density at radius 3 is 1.35 bits per heavy atom. The normalized spacial score (nSPS) is 11.4. The van der Waals surface area contributed by atoms with E-state index in [4.69, 9.17) is 19.7 Å². The summed E-state index contributed by atoms with van der Waals surface area (Å²) in [6.07, 6.45) is 14.5. The van der Waals surface area contributed by atoms with Crippen molar-refractivity contribution in [3.05, 3.63) is 71.8 Å². The van der Waals surface area contributed by atoms with Crippen molar-refractivity contribution in [2.45, 2.75) is 51.4 Å². The van der Waals surface area contributed by atoms with Crippen LogP contribution in [0, 0.1) is 0 Å². The molecule has 0 radical (unpaired) electrons. The Kier molecular flexibility index (Phi) is 14.1. The summed E-state index contributed by atoms with van der Waals surface area (Å²) in [5.41, 5.74) is 1.88. The van der Waals surface area contributed by atoms with Gasteiger partial charge in [-0.2, -0.15) is 0 Å². The van der Waals surface area contributed by atoms with E-state index in [9.17, 15) is 4.79 Å². The molecule has 0 saturated heterocycles. The first-order valence-corrected chi connectivity index (χ1v) is 12.3. The number of allylic oxidation sites excluding steroid dienone is 2. The number of ketones is 1. The van der Waals surface area contributed by atoms with Crippen molar-refractivity contribution in [1.29, 1.82) is 0 Å². The first-order chi connectivity index (χ1) is 16.7. The van der Waals surface area contributed by atoms with Crippen LogP contribution in [0.15, 0.2) is 60.7 Å². The minimum Gasteiger partial charge on any atom is -0.494 e. The van der Waals surface area contributed by atoms with E-state index in [2.05, 4.69) is 0 Å². The zero-order valence-corrected chi connectivity index (χ0v) is 20.0. The number of ether oxygens (including phenoxy) is 2. The summed E-state index contributed by atoms with van der Waals surface area (Å²) in [5, 5.41) is 17.5. The third-order valence-electron chi connectivity index (χ3n) is 5.28. The molecule has 0 fully saturated rings. The first-order valence-electron chi connectivity index (χ1n) is 12.3. The molecule has 0 aromatic heterocycles. The van der Waals surface area contributed by atoms with Gasteiger partial charge < -0.3 is 19.7 Å². The average Bonchev–Trinajstić information content (AvgIpc) is 2.87. The van der Waals surface area contributed by atoms with Crippen LogP contribution >= 0.6 is 0 Å². The van der Waals surface area contributed by atoms with Gasteiger partial charge in [0, 0.05) is 13.2 Å². The van der Waals surface area contributed by atoms with Crippen LogP contribution in [0.2, 0.25) is 0 Å². The van der Waals surface area contributed by atoms with Crippen LogP contribution in [0.25, 0.3) is 12.2 Å². The Bertz CT molecular complexity index is 782. The summed E-state index contributed by atoms with van der Waals surface area (Å²) in [6.45, 7) is 1.85. The molecule has 5 nitrogen and oxygen atoms in total. The molecule has 34 heavy (non-hydrogen) atoms. The second kappa shape index (κ2) is 17.6. The number of aliphatic hydroxyl groups is 2. The molecule has 0 heterocycles. The molecule has 0 aliphatic carbocycles. The predicted molar refractivity (Wildman–Crippen MR) is 138 cm³/mol. The number of rotatable bonds is 18. The van der Waals surface area contributed by atoms with Gasteiger partial charge in [0.05, 0.1) is 13.2 Å². The Morgan fingerprint density at radius 1 is 0.588 bits per heavy atom. The van der Waals surface area contributed by atoms with Crippen molar-refractivity contribution in [2.75, 3.05) is 26.4 Å². The van der Waals surface area contributed by atoms with Gasteiger partial charge in [0.15, 0.2) is 5.78 Å². The fraction of sp³-hybridized carbons (Fsp3) is 0.414. The monoisotopic (exact) mass is 466 g/mol. The lowest BCUT2D eigenvalue weighted by Crippen LogP contribution is -1.97. The van der Waals surface area contributed by atoms with Gasteiger partial charge in [0.25, 0.3) is 0 Å². The van der Waals surface area contributed by atoms with Crippen molar-refractivity contribution in [3.63, 3.8) is 0 Å². The van der Waals surface area contributed by atoms with E-state index < -0.39 is 0 Å². The van der Waals surface area contributed by atoms with Gasteiger partial charge in [0.2, 0.25) is 0 Å². The summed E-state index contributed by atoms with van der Waals surface area (Å²) in [7, 11) is 0. The van der Waals surface area contributed by atoms with Gasteiger partial charge in [0.1, 0.15) is 11.5 Å². The lowest BCUT2D eigenvalue weighted by atomic mass is 10.1. The van der Waals surface area contributed by atoms with Gasteiger partial charge in [-0.3, -0.25) is 4.79 Å². The standard InChI is InChI=1S/C29H38O5/c30-21-5-1-3-7-23-33-28-17-11-25(12-18-28)9-15-27(32)16-10-26-13-19-29(20-14-26)34-24-8-4-2-6-22-31/h9-20,30-31H,1-8,21-24H2/b15-9+,16-10+. The summed E-state index contributed by atoms with van der Waals surface area (Å²) in [5.74, 6) is 1.56.